The van der Waals surface area contributed by atoms with Crippen molar-refractivity contribution in [3.05, 3.63) is 35.6 Å². The summed E-state index contributed by atoms with van der Waals surface area (Å²) in [6.07, 6.45) is -0.779. The van der Waals surface area contributed by atoms with Crippen LogP contribution in [0.3, 0.4) is 0 Å². The Morgan fingerprint density at radius 2 is 2.18 bits per heavy atom. The van der Waals surface area contributed by atoms with Gasteiger partial charge in [-0.2, -0.15) is 5.26 Å². The van der Waals surface area contributed by atoms with Crippen molar-refractivity contribution >= 4 is 11.7 Å². The molecule has 0 aliphatic heterocycles. The third-order valence-electron chi connectivity index (χ3n) is 2.84. The Balaban J connectivity index is 2.06. The first-order valence-corrected chi connectivity index (χ1v) is 6.52. The molecular formula is C15H15N3O4. The molecule has 2 aromatic rings. The van der Waals surface area contributed by atoms with Crippen molar-refractivity contribution in [2.75, 3.05) is 12.4 Å². The summed E-state index contributed by atoms with van der Waals surface area (Å²) >= 11 is 0. The Morgan fingerprint density at radius 1 is 1.41 bits per heavy atom. The molecule has 1 amide bonds. The highest BCUT2D eigenvalue weighted by atomic mass is 16.5. The van der Waals surface area contributed by atoms with Crippen LogP contribution in [0.5, 0.6) is 11.5 Å². The van der Waals surface area contributed by atoms with Crippen LogP contribution in [0.25, 0.3) is 0 Å². The highest BCUT2D eigenvalue weighted by Crippen LogP contribution is 2.28. The van der Waals surface area contributed by atoms with Gasteiger partial charge in [-0.05, 0) is 26.0 Å². The zero-order chi connectivity index (χ0) is 16.1. The van der Waals surface area contributed by atoms with E-state index in [1.165, 1.54) is 7.11 Å². The summed E-state index contributed by atoms with van der Waals surface area (Å²) in [7, 11) is 1.46. The van der Waals surface area contributed by atoms with Crippen LogP contribution in [0.2, 0.25) is 0 Å². The van der Waals surface area contributed by atoms with Gasteiger partial charge in [0.1, 0.15) is 5.76 Å². The number of carbonyl (C=O) groups is 1. The Kier molecular flexibility index (Phi) is 4.63. The van der Waals surface area contributed by atoms with E-state index >= 15 is 0 Å². The van der Waals surface area contributed by atoms with Crippen LogP contribution in [-0.4, -0.2) is 24.3 Å². The van der Waals surface area contributed by atoms with E-state index in [0.717, 1.165) is 0 Å². The molecule has 0 radical (unpaired) electrons. The van der Waals surface area contributed by atoms with Gasteiger partial charge in [-0.25, -0.2) is 0 Å². The number of methoxy groups -OCH3 is 1. The summed E-state index contributed by atoms with van der Waals surface area (Å²) in [4.78, 5) is 12.0. The quantitative estimate of drug-likeness (QED) is 0.909. The van der Waals surface area contributed by atoms with Gasteiger partial charge in [0.25, 0.3) is 5.91 Å². The lowest BCUT2D eigenvalue weighted by Gasteiger charge is -2.16. The number of amides is 1. The van der Waals surface area contributed by atoms with E-state index in [1.807, 2.05) is 6.07 Å². The van der Waals surface area contributed by atoms with Crippen LogP contribution in [0.15, 0.2) is 28.8 Å². The summed E-state index contributed by atoms with van der Waals surface area (Å²) < 4.78 is 15.6. The van der Waals surface area contributed by atoms with E-state index < -0.39 is 6.10 Å². The molecule has 7 nitrogen and oxygen atoms in total. The predicted octanol–water partition coefficient (Wildman–Crippen LogP) is 2.27. The second-order valence-electron chi connectivity index (χ2n) is 4.55. The molecule has 0 saturated carbocycles. The molecule has 0 saturated heterocycles. The van der Waals surface area contributed by atoms with Crippen LogP contribution in [0.4, 0.5) is 5.82 Å². The number of benzene rings is 1. The van der Waals surface area contributed by atoms with Crippen LogP contribution in [0.1, 0.15) is 18.2 Å². The number of ether oxygens (including phenoxy) is 2. The summed E-state index contributed by atoms with van der Waals surface area (Å²) in [5.41, 5.74) is 0.444. The van der Waals surface area contributed by atoms with Crippen LogP contribution in [-0.2, 0) is 4.79 Å². The molecule has 1 unspecified atom stereocenters. The summed E-state index contributed by atoms with van der Waals surface area (Å²) in [6.45, 7) is 3.32. The molecule has 1 aromatic carbocycles. The lowest BCUT2D eigenvalue weighted by Crippen LogP contribution is -2.30. The van der Waals surface area contributed by atoms with Gasteiger partial charge in [0.05, 0.1) is 18.7 Å². The van der Waals surface area contributed by atoms with E-state index in [2.05, 4.69) is 10.5 Å². The van der Waals surface area contributed by atoms with E-state index in [1.54, 1.807) is 38.1 Å². The molecule has 0 bridgehead atoms. The average Bonchev–Trinajstić information content (AvgIpc) is 2.92. The maximum Gasteiger partial charge on any atom is 0.266 e. The first-order chi connectivity index (χ1) is 10.5. The zero-order valence-electron chi connectivity index (χ0n) is 12.4. The molecule has 0 spiro atoms. The lowest BCUT2D eigenvalue weighted by molar-refractivity contribution is -0.122. The van der Waals surface area contributed by atoms with Crippen molar-refractivity contribution in [2.24, 2.45) is 0 Å². The first kappa shape index (κ1) is 15.4. The number of aryl methyl sites for hydroxylation is 1. The number of aromatic nitrogens is 1. The molecule has 1 N–H and O–H groups in total. The molecular weight excluding hydrogens is 286 g/mol. The zero-order valence-corrected chi connectivity index (χ0v) is 12.4. The van der Waals surface area contributed by atoms with Crippen molar-refractivity contribution in [1.29, 1.82) is 5.26 Å². The Labute approximate surface area is 127 Å². The summed E-state index contributed by atoms with van der Waals surface area (Å²) in [6, 6.07) is 8.32. The van der Waals surface area contributed by atoms with E-state index in [0.29, 0.717) is 28.6 Å². The van der Waals surface area contributed by atoms with Crippen LogP contribution >= 0.6 is 0 Å². The smallest absolute Gasteiger partial charge is 0.266 e. The van der Waals surface area contributed by atoms with E-state index in [4.69, 9.17) is 19.3 Å². The van der Waals surface area contributed by atoms with Crippen molar-refractivity contribution in [3.63, 3.8) is 0 Å². The molecule has 0 aliphatic carbocycles. The highest BCUT2D eigenvalue weighted by molar-refractivity contribution is 5.93. The van der Waals surface area contributed by atoms with Gasteiger partial charge >= 0.3 is 0 Å². The Bertz CT molecular complexity index is 718. The summed E-state index contributed by atoms with van der Waals surface area (Å²) in [5, 5.41) is 15.1. The molecule has 22 heavy (non-hydrogen) atoms. The Hall–Kier alpha value is -3.01. The number of hydrogen-bond acceptors (Lipinski definition) is 6. The molecule has 2 rings (SSSR count). The maximum atomic E-state index is 12.0. The fourth-order valence-electron chi connectivity index (χ4n) is 1.73. The minimum atomic E-state index is -0.779. The third-order valence-corrected chi connectivity index (χ3v) is 2.84. The number of nitriles is 1. The number of carbonyl (C=O) groups excluding carboxylic acids is 1. The van der Waals surface area contributed by atoms with Crippen molar-refractivity contribution in [1.82, 2.24) is 5.16 Å². The fraction of sp³-hybridized carbons (Fsp3) is 0.267. The van der Waals surface area contributed by atoms with Gasteiger partial charge in [-0.15, -0.1) is 0 Å². The lowest BCUT2D eigenvalue weighted by atomic mass is 10.2. The van der Waals surface area contributed by atoms with Gasteiger partial charge in [-0.3, -0.25) is 4.79 Å². The van der Waals surface area contributed by atoms with E-state index in [9.17, 15) is 4.79 Å². The van der Waals surface area contributed by atoms with Gasteiger partial charge in [-0.1, -0.05) is 5.16 Å². The molecule has 0 fully saturated rings. The molecule has 0 aliphatic rings. The topological polar surface area (TPSA) is 97.4 Å². The number of anilines is 1. The average molecular weight is 301 g/mol. The largest absolute Gasteiger partial charge is 0.493 e. The van der Waals surface area contributed by atoms with Gasteiger partial charge in [0.15, 0.2) is 23.4 Å². The summed E-state index contributed by atoms with van der Waals surface area (Å²) in [5.74, 6) is 1.30. The van der Waals surface area contributed by atoms with Crippen molar-refractivity contribution in [3.8, 4) is 17.6 Å². The van der Waals surface area contributed by atoms with Gasteiger partial charge < -0.3 is 19.3 Å². The third kappa shape index (κ3) is 3.55. The number of nitrogens with zero attached hydrogens (tertiary/aromatic N) is 2. The fourth-order valence-corrected chi connectivity index (χ4v) is 1.73. The minimum Gasteiger partial charge on any atom is -0.493 e. The van der Waals surface area contributed by atoms with Crippen LogP contribution < -0.4 is 14.8 Å². The van der Waals surface area contributed by atoms with Gasteiger partial charge in [0, 0.05) is 12.1 Å². The first-order valence-electron chi connectivity index (χ1n) is 6.52. The molecule has 1 atom stereocenters. The number of rotatable bonds is 5. The van der Waals surface area contributed by atoms with Crippen molar-refractivity contribution in [2.45, 2.75) is 20.0 Å². The Morgan fingerprint density at radius 3 is 2.77 bits per heavy atom. The maximum absolute atomic E-state index is 12.0. The minimum absolute atomic E-state index is 0.324. The molecule has 114 valence electrons. The normalized spacial score (nSPS) is 11.4. The predicted molar refractivity (Wildman–Crippen MR) is 77.7 cm³/mol. The SMILES string of the molecule is COc1cc(C#N)ccc1OC(C)C(=O)Nc1cc(C)on1. The number of hydrogen-bond donors (Lipinski definition) is 1. The van der Waals surface area contributed by atoms with Crippen LogP contribution in [0, 0.1) is 18.3 Å². The van der Waals surface area contributed by atoms with Crippen molar-refractivity contribution < 1.29 is 18.8 Å². The van der Waals surface area contributed by atoms with E-state index in [-0.39, 0.29) is 5.91 Å². The highest BCUT2D eigenvalue weighted by Gasteiger charge is 2.18. The van der Waals surface area contributed by atoms with Gasteiger partial charge in [0.2, 0.25) is 0 Å². The number of nitrogens with one attached hydrogen (secondary N) is 1. The second kappa shape index (κ2) is 6.63. The molecule has 1 aromatic heterocycles. The standard InChI is InChI=1S/C15H15N3O4/c1-9-6-14(18-22-9)17-15(19)10(2)21-12-5-4-11(8-16)7-13(12)20-3/h4-7,10H,1-3H3,(H,17,18,19). The molecule has 7 heteroatoms. The second-order valence-corrected chi connectivity index (χ2v) is 4.55. The molecule has 1 heterocycles. The monoisotopic (exact) mass is 301 g/mol.